The van der Waals surface area contributed by atoms with E-state index in [9.17, 15) is 24.0 Å². The van der Waals surface area contributed by atoms with Gasteiger partial charge in [0.05, 0.1) is 12.5 Å². The molecule has 0 unspecified atom stereocenters. The fraction of sp³-hybridized carbons (Fsp3) is 0.643. The van der Waals surface area contributed by atoms with E-state index in [1.807, 2.05) is 0 Å². The van der Waals surface area contributed by atoms with Crippen molar-refractivity contribution in [2.24, 2.45) is 11.5 Å². The van der Waals surface area contributed by atoms with Crippen LogP contribution in [-0.4, -0.2) is 69.4 Å². The van der Waals surface area contributed by atoms with Crippen LogP contribution in [0.25, 0.3) is 0 Å². The number of amides is 3. The highest BCUT2D eigenvalue weighted by Crippen LogP contribution is 2.19. The molecule has 0 radical (unpaired) electrons. The van der Waals surface area contributed by atoms with E-state index in [4.69, 9.17) is 21.7 Å². The summed E-state index contributed by atoms with van der Waals surface area (Å²) >= 11 is 0. The van der Waals surface area contributed by atoms with Crippen molar-refractivity contribution in [2.75, 3.05) is 6.54 Å². The van der Waals surface area contributed by atoms with Gasteiger partial charge in [0.1, 0.15) is 12.1 Å². The van der Waals surface area contributed by atoms with Crippen molar-refractivity contribution in [1.82, 2.24) is 10.2 Å². The third-order valence-electron chi connectivity index (χ3n) is 3.84. The number of rotatable bonds is 9. The molecule has 0 saturated carbocycles. The zero-order valence-electron chi connectivity index (χ0n) is 13.5. The number of primary amides is 1. The van der Waals surface area contributed by atoms with Gasteiger partial charge in [0.25, 0.3) is 0 Å². The van der Waals surface area contributed by atoms with Crippen LogP contribution in [0.2, 0.25) is 0 Å². The molecule has 0 aromatic rings. The number of nitrogens with two attached hydrogens (primary N) is 2. The molecule has 0 aliphatic carbocycles. The first-order chi connectivity index (χ1) is 11.6. The van der Waals surface area contributed by atoms with E-state index in [2.05, 4.69) is 5.32 Å². The number of aliphatic carboxylic acids is 2. The van der Waals surface area contributed by atoms with Gasteiger partial charge in [0.2, 0.25) is 17.7 Å². The van der Waals surface area contributed by atoms with Crippen molar-refractivity contribution in [3.63, 3.8) is 0 Å². The summed E-state index contributed by atoms with van der Waals surface area (Å²) in [5, 5.41) is 20.2. The lowest BCUT2D eigenvalue weighted by molar-refractivity contribution is -0.150. The summed E-state index contributed by atoms with van der Waals surface area (Å²) in [6.07, 6.45) is -0.308. The molecule has 0 aromatic carbocycles. The zero-order chi connectivity index (χ0) is 19.1. The second kappa shape index (κ2) is 8.97. The first-order valence-electron chi connectivity index (χ1n) is 7.72. The topological polar surface area (TPSA) is 193 Å². The summed E-state index contributed by atoms with van der Waals surface area (Å²) in [4.78, 5) is 58.5. The second-order valence-electron chi connectivity index (χ2n) is 5.80. The Bertz CT molecular complexity index is 565. The lowest BCUT2D eigenvalue weighted by atomic mass is 10.1. The van der Waals surface area contributed by atoms with E-state index in [1.54, 1.807) is 0 Å². The number of carbonyl (C=O) groups is 5. The fourth-order valence-electron chi connectivity index (χ4n) is 2.60. The molecule has 140 valence electrons. The maximum atomic E-state index is 12.6. The Kier molecular flexibility index (Phi) is 7.30. The predicted molar refractivity (Wildman–Crippen MR) is 83.0 cm³/mol. The Morgan fingerprint density at radius 1 is 1.20 bits per heavy atom. The van der Waals surface area contributed by atoms with Crippen molar-refractivity contribution in [3.05, 3.63) is 0 Å². The van der Waals surface area contributed by atoms with Gasteiger partial charge in [0.15, 0.2) is 0 Å². The molecule has 0 spiro atoms. The fourth-order valence-corrected chi connectivity index (χ4v) is 2.60. The average Bonchev–Trinajstić information content (AvgIpc) is 2.99. The average molecular weight is 358 g/mol. The molecule has 0 bridgehead atoms. The van der Waals surface area contributed by atoms with Gasteiger partial charge in [-0.1, -0.05) is 0 Å². The summed E-state index contributed by atoms with van der Waals surface area (Å²) in [5.74, 6) is -4.68. The molecule has 1 saturated heterocycles. The van der Waals surface area contributed by atoms with E-state index in [0.29, 0.717) is 6.42 Å². The summed E-state index contributed by atoms with van der Waals surface area (Å²) < 4.78 is 0. The van der Waals surface area contributed by atoms with E-state index >= 15 is 0 Å². The number of carboxylic acid groups (broad SMARTS) is 2. The Hall–Kier alpha value is -2.69. The second-order valence-corrected chi connectivity index (χ2v) is 5.80. The molecule has 3 amide bonds. The number of hydrogen-bond donors (Lipinski definition) is 5. The number of carbonyl (C=O) groups excluding carboxylic acids is 3. The van der Waals surface area contributed by atoms with Gasteiger partial charge in [0, 0.05) is 13.0 Å². The van der Waals surface area contributed by atoms with Gasteiger partial charge >= 0.3 is 11.9 Å². The Labute approximate surface area is 143 Å². The molecule has 1 rings (SSSR count). The van der Waals surface area contributed by atoms with Crippen molar-refractivity contribution in [2.45, 2.75) is 50.2 Å². The molecule has 7 N–H and O–H groups in total. The van der Waals surface area contributed by atoms with Gasteiger partial charge in [-0.25, -0.2) is 4.79 Å². The molecule has 1 fully saturated rings. The van der Waals surface area contributed by atoms with Crippen molar-refractivity contribution >= 4 is 29.7 Å². The molecular formula is C14H22N4O7. The zero-order valence-corrected chi connectivity index (χ0v) is 13.5. The lowest BCUT2D eigenvalue weighted by Gasteiger charge is -2.27. The van der Waals surface area contributed by atoms with Crippen LogP contribution in [0.4, 0.5) is 0 Å². The highest BCUT2D eigenvalue weighted by Gasteiger charge is 2.38. The highest BCUT2D eigenvalue weighted by molar-refractivity contribution is 5.93. The third kappa shape index (κ3) is 6.03. The summed E-state index contributed by atoms with van der Waals surface area (Å²) in [6.45, 7) is 0.197. The molecule has 11 heteroatoms. The third-order valence-corrected chi connectivity index (χ3v) is 3.84. The Balaban J connectivity index is 2.86. The maximum absolute atomic E-state index is 12.6. The van der Waals surface area contributed by atoms with Crippen LogP contribution in [-0.2, 0) is 24.0 Å². The molecule has 1 heterocycles. The van der Waals surface area contributed by atoms with Gasteiger partial charge in [-0.15, -0.1) is 0 Å². The van der Waals surface area contributed by atoms with Crippen LogP contribution in [0.3, 0.4) is 0 Å². The minimum absolute atomic E-state index is 0.197. The number of carboxylic acids is 2. The van der Waals surface area contributed by atoms with Gasteiger partial charge < -0.3 is 31.9 Å². The van der Waals surface area contributed by atoms with E-state index < -0.39 is 60.6 Å². The minimum atomic E-state index is -1.29. The minimum Gasteiger partial charge on any atom is -0.481 e. The van der Waals surface area contributed by atoms with Crippen LogP contribution in [0, 0.1) is 0 Å². The smallest absolute Gasteiger partial charge is 0.326 e. The van der Waals surface area contributed by atoms with Gasteiger partial charge in [-0.3, -0.25) is 19.2 Å². The Morgan fingerprint density at radius 3 is 2.36 bits per heavy atom. The van der Waals surface area contributed by atoms with E-state index in [-0.39, 0.29) is 19.4 Å². The van der Waals surface area contributed by atoms with Crippen LogP contribution in [0.5, 0.6) is 0 Å². The summed E-state index contributed by atoms with van der Waals surface area (Å²) in [5.41, 5.74) is 10.5. The highest BCUT2D eigenvalue weighted by atomic mass is 16.4. The van der Waals surface area contributed by atoms with Crippen molar-refractivity contribution in [3.8, 4) is 0 Å². The normalized spacial score (nSPS) is 19.1. The van der Waals surface area contributed by atoms with Crippen molar-refractivity contribution < 1.29 is 34.2 Å². The standard InChI is InChI=1S/C14H22N4O7/c15-7(6-10(16)19)12(22)17-8(3-4-11(20)21)13(23)18-5-1-2-9(18)14(24)25/h7-9H,1-6,15H2,(H2,16,19)(H,17,22)(H,20,21)(H,24,25)/t7-,8-,9+/m0/s1. The monoisotopic (exact) mass is 358 g/mol. The number of nitrogens with zero attached hydrogens (tertiary/aromatic N) is 1. The maximum Gasteiger partial charge on any atom is 0.326 e. The van der Waals surface area contributed by atoms with Gasteiger partial charge in [-0.2, -0.15) is 0 Å². The molecular weight excluding hydrogens is 336 g/mol. The number of hydrogen-bond acceptors (Lipinski definition) is 6. The lowest BCUT2D eigenvalue weighted by Crippen LogP contribution is -2.55. The van der Waals surface area contributed by atoms with E-state index in [1.165, 1.54) is 0 Å². The molecule has 25 heavy (non-hydrogen) atoms. The number of likely N-dealkylation sites (tertiary alicyclic amines) is 1. The largest absolute Gasteiger partial charge is 0.481 e. The molecule has 3 atom stereocenters. The first kappa shape index (κ1) is 20.4. The molecule has 1 aliphatic heterocycles. The SMILES string of the molecule is NC(=O)C[C@H](N)C(=O)N[C@@H](CCC(=O)O)C(=O)N1CCC[C@@H]1C(=O)O. The van der Waals surface area contributed by atoms with Gasteiger partial charge in [-0.05, 0) is 19.3 Å². The molecule has 1 aliphatic rings. The predicted octanol–water partition coefficient (Wildman–Crippen LogP) is -2.39. The first-order valence-corrected chi connectivity index (χ1v) is 7.72. The summed E-state index contributed by atoms with van der Waals surface area (Å²) in [6, 6.07) is -3.55. The number of nitrogens with one attached hydrogen (secondary N) is 1. The van der Waals surface area contributed by atoms with Crippen molar-refractivity contribution in [1.29, 1.82) is 0 Å². The molecule has 11 nitrogen and oxygen atoms in total. The quantitative estimate of drug-likeness (QED) is 0.301. The summed E-state index contributed by atoms with van der Waals surface area (Å²) in [7, 11) is 0. The van der Waals surface area contributed by atoms with E-state index in [0.717, 1.165) is 4.90 Å². The van der Waals surface area contributed by atoms with Crippen LogP contribution < -0.4 is 16.8 Å². The van der Waals surface area contributed by atoms with Crippen LogP contribution in [0.1, 0.15) is 32.1 Å². The van der Waals surface area contributed by atoms with Crippen LogP contribution in [0.15, 0.2) is 0 Å². The van der Waals surface area contributed by atoms with Crippen LogP contribution >= 0.6 is 0 Å². The molecule has 0 aromatic heterocycles. The Morgan fingerprint density at radius 2 is 1.84 bits per heavy atom.